The molecule has 0 N–H and O–H groups in total. The Balaban J connectivity index is 1.79. The van der Waals surface area contributed by atoms with Gasteiger partial charge in [-0.1, -0.05) is 12.1 Å². The molecule has 0 aromatic heterocycles. The molecule has 3 heteroatoms. The quantitative estimate of drug-likeness (QED) is 0.829. The van der Waals surface area contributed by atoms with Crippen LogP contribution in [0, 0.1) is 0 Å². The number of nitrogens with zero attached hydrogens (tertiary/aromatic N) is 2. The molecule has 0 radical (unpaired) electrons. The summed E-state index contributed by atoms with van der Waals surface area (Å²) in [6.07, 6.45) is 1.20. The fourth-order valence-corrected chi connectivity index (χ4v) is 3.22. The third-order valence-electron chi connectivity index (χ3n) is 4.28. The third kappa shape index (κ3) is 2.63. The molecule has 1 aromatic rings. The predicted molar refractivity (Wildman–Crippen MR) is 78.7 cm³/mol. The van der Waals surface area contributed by atoms with E-state index in [1.807, 2.05) is 0 Å². The van der Waals surface area contributed by atoms with Crippen molar-refractivity contribution in [1.29, 1.82) is 0 Å². The molecule has 2 aliphatic heterocycles. The Hall–Kier alpha value is -1.06. The SMILES string of the molecule is CC(C)N1CCc2c(CN3CCOCC3)cccc21. The highest BCUT2D eigenvalue weighted by molar-refractivity contribution is 5.61. The average Bonchev–Trinajstić information content (AvgIpc) is 2.85. The lowest BCUT2D eigenvalue weighted by atomic mass is 10.0. The normalized spacial score (nSPS) is 20.1. The first-order valence-electron chi connectivity index (χ1n) is 7.43. The van der Waals surface area contributed by atoms with Gasteiger partial charge < -0.3 is 9.64 Å². The summed E-state index contributed by atoms with van der Waals surface area (Å²) in [7, 11) is 0. The lowest BCUT2D eigenvalue weighted by Crippen LogP contribution is -2.35. The van der Waals surface area contributed by atoms with Crippen LogP contribution in [-0.4, -0.2) is 43.8 Å². The summed E-state index contributed by atoms with van der Waals surface area (Å²) in [6, 6.07) is 7.40. The molecule has 19 heavy (non-hydrogen) atoms. The van der Waals surface area contributed by atoms with Gasteiger partial charge in [-0.05, 0) is 37.5 Å². The Morgan fingerprint density at radius 1 is 1.16 bits per heavy atom. The molecule has 0 aliphatic carbocycles. The van der Waals surface area contributed by atoms with Crippen molar-refractivity contribution in [2.45, 2.75) is 32.9 Å². The van der Waals surface area contributed by atoms with E-state index >= 15 is 0 Å². The minimum absolute atomic E-state index is 0.597. The molecule has 0 atom stereocenters. The first-order valence-corrected chi connectivity index (χ1v) is 7.43. The van der Waals surface area contributed by atoms with Crippen LogP contribution in [0.3, 0.4) is 0 Å². The Kier molecular flexibility index (Phi) is 3.76. The van der Waals surface area contributed by atoms with E-state index in [9.17, 15) is 0 Å². The number of anilines is 1. The zero-order chi connectivity index (χ0) is 13.2. The van der Waals surface area contributed by atoms with Gasteiger partial charge in [0.05, 0.1) is 13.2 Å². The Bertz CT molecular complexity index is 438. The molecule has 0 saturated carbocycles. The van der Waals surface area contributed by atoms with Gasteiger partial charge in [0.25, 0.3) is 0 Å². The molecular formula is C16H24N2O. The summed E-state index contributed by atoms with van der Waals surface area (Å²) in [5.41, 5.74) is 4.55. The molecule has 0 unspecified atom stereocenters. The maximum Gasteiger partial charge on any atom is 0.0594 e. The summed E-state index contributed by atoms with van der Waals surface area (Å²) in [5.74, 6) is 0. The predicted octanol–water partition coefficient (Wildman–Crippen LogP) is 2.29. The second-order valence-electron chi connectivity index (χ2n) is 5.84. The standard InChI is InChI=1S/C16H24N2O/c1-13(2)18-7-6-15-14(4-3-5-16(15)18)12-17-8-10-19-11-9-17/h3-5,13H,6-12H2,1-2H3. The van der Waals surface area contributed by atoms with Gasteiger partial charge in [0, 0.05) is 37.9 Å². The number of fused-ring (bicyclic) bond motifs is 1. The molecule has 1 aromatic carbocycles. The summed E-state index contributed by atoms with van der Waals surface area (Å²) in [5, 5.41) is 0. The van der Waals surface area contributed by atoms with E-state index in [1.165, 1.54) is 24.2 Å². The van der Waals surface area contributed by atoms with Crippen molar-refractivity contribution in [1.82, 2.24) is 4.90 Å². The maximum absolute atomic E-state index is 5.43. The molecule has 2 aliphatic rings. The fourth-order valence-electron chi connectivity index (χ4n) is 3.22. The second-order valence-corrected chi connectivity index (χ2v) is 5.84. The highest BCUT2D eigenvalue weighted by Crippen LogP contribution is 2.32. The smallest absolute Gasteiger partial charge is 0.0594 e. The number of ether oxygens (including phenoxy) is 1. The van der Waals surface area contributed by atoms with Crippen LogP contribution >= 0.6 is 0 Å². The van der Waals surface area contributed by atoms with Gasteiger partial charge in [0.2, 0.25) is 0 Å². The lowest BCUT2D eigenvalue weighted by molar-refractivity contribution is 0.0341. The number of morpholine rings is 1. The summed E-state index contributed by atoms with van der Waals surface area (Å²) >= 11 is 0. The number of benzene rings is 1. The van der Waals surface area contributed by atoms with Crippen LogP contribution in [0.1, 0.15) is 25.0 Å². The van der Waals surface area contributed by atoms with E-state index in [0.717, 1.165) is 32.8 Å². The Labute approximate surface area is 116 Å². The highest BCUT2D eigenvalue weighted by atomic mass is 16.5. The first-order chi connectivity index (χ1) is 9.25. The van der Waals surface area contributed by atoms with Crippen LogP contribution in [-0.2, 0) is 17.7 Å². The van der Waals surface area contributed by atoms with E-state index in [0.29, 0.717) is 6.04 Å². The average molecular weight is 260 g/mol. The van der Waals surface area contributed by atoms with Gasteiger partial charge in [-0.3, -0.25) is 4.90 Å². The molecule has 0 spiro atoms. The van der Waals surface area contributed by atoms with E-state index in [-0.39, 0.29) is 0 Å². The monoisotopic (exact) mass is 260 g/mol. The van der Waals surface area contributed by atoms with Gasteiger partial charge in [0.15, 0.2) is 0 Å². The Morgan fingerprint density at radius 3 is 2.68 bits per heavy atom. The summed E-state index contributed by atoms with van der Waals surface area (Å²) < 4.78 is 5.43. The summed E-state index contributed by atoms with van der Waals surface area (Å²) in [4.78, 5) is 5.04. The minimum atomic E-state index is 0.597. The van der Waals surface area contributed by atoms with Gasteiger partial charge >= 0.3 is 0 Å². The van der Waals surface area contributed by atoms with Crippen molar-refractivity contribution in [3.8, 4) is 0 Å². The van der Waals surface area contributed by atoms with Crippen LogP contribution in [0.25, 0.3) is 0 Å². The second kappa shape index (κ2) is 5.51. The van der Waals surface area contributed by atoms with E-state index in [4.69, 9.17) is 4.74 Å². The maximum atomic E-state index is 5.43. The number of hydrogen-bond donors (Lipinski definition) is 0. The molecule has 3 nitrogen and oxygen atoms in total. The van der Waals surface area contributed by atoms with Crippen LogP contribution in [0.15, 0.2) is 18.2 Å². The van der Waals surface area contributed by atoms with Crippen molar-refractivity contribution in [2.75, 3.05) is 37.7 Å². The van der Waals surface area contributed by atoms with Crippen molar-refractivity contribution in [3.05, 3.63) is 29.3 Å². The summed E-state index contributed by atoms with van der Waals surface area (Å²) in [6.45, 7) is 10.7. The molecule has 0 bridgehead atoms. The first kappa shape index (κ1) is 12.9. The van der Waals surface area contributed by atoms with Crippen molar-refractivity contribution < 1.29 is 4.74 Å². The topological polar surface area (TPSA) is 15.7 Å². The molecule has 2 heterocycles. The van der Waals surface area contributed by atoms with Crippen molar-refractivity contribution >= 4 is 5.69 Å². The van der Waals surface area contributed by atoms with E-state index in [2.05, 4.69) is 41.8 Å². The molecule has 1 fully saturated rings. The van der Waals surface area contributed by atoms with Crippen LogP contribution in [0.4, 0.5) is 5.69 Å². The van der Waals surface area contributed by atoms with Crippen molar-refractivity contribution in [3.63, 3.8) is 0 Å². The zero-order valence-electron chi connectivity index (χ0n) is 12.1. The van der Waals surface area contributed by atoms with Gasteiger partial charge in [-0.2, -0.15) is 0 Å². The largest absolute Gasteiger partial charge is 0.379 e. The molecular weight excluding hydrogens is 236 g/mol. The third-order valence-corrected chi connectivity index (χ3v) is 4.28. The number of hydrogen-bond acceptors (Lipinski definition) is 3. The molecule has 1 saturated heterocycles. The fraction of sp³-hybridized carbons (Fsp3) is 0.625. The Morgan fingerprint density at radius 2 is 1.95 bits per heavy atom. The molecule has 0 amide bonds. The van der Waals surface area contributed by atoms with E-state index in [1.54, 1.807) is 5.56 Å². The minimum Gasteiger partial charge on any atom is -0.379 e. The van der Waals surface area contributed by atoms with Crippen LogP contribution in [0.5, 0.6) is 0 Å². The van der Waals surface area contributed by atoms with Gasteiger partial charge in [-0.15, -0.1) is 0 Å². The van der Waals surface area contributed by atoms with Crippen molar-refractivity contribution in [2.24, 2.45) is 0 Å². The van der Waals surface area contributed by atoms with Gasteiger partial charge in [-0.25, -0.2) is 0 Å². The molecule has 3 rings (SSSR count). The van der Waals surface area contributed by atoms with E-state index < -0.39 is 0 Å². The number of rotatable bonds is 3. The van der Waals surface area contributed by atoms with Gasteiger partial charge in [0.1, 0.15) is 0 Å². The molecule has 104 valence electrons. The zero-order valence-corrected chi connectivity index (χ0v) is 12.1. The van der Waals surface area contributed by atoms with Crippen LogP contribution in [0.2, 0.25) is 0 Å². The van der Waals surface area contributed by atoms with Crippen LogP contribution < -0.4 is 4.90 Å². The highest BCUT2D eigenvalue weighted by Gasteiger charge is 2.24. The lowest BCUT2D eigenvalue weighted by Gasteiger charge is -2.28.